The van der Waals surface area contributed by atoms with Crippen molar-refractivity contribution in [1.82, 2.24) is 0 Å². The smallest absolute Gasteiger partial charge is 0.306 e. The molecule has 0 saturated carbocycles. The zero-order chi connectivity index (χ0) is 14.0. The highest BCUT2D eigenvalue weighted by Crippen LogP contribution is 2.40. The van der Waals surface area contributed by atoms with Crippen LogP contribution in [-0.4, -0.2) is 29.4 Å². The van der Waals surface area contributed by atoms with Crippen molar-refractivity contribution in [3.05, 3.63) is 22.2 Å². The zero-order valence-corrected chi connectivity index (χ0v) is 12.0. The van der Waals surface area contributed by atoms with Gasteiger partial charge in [-0.2, -0.15) is 0 Å². The van der Waals surface area contributed by atoms with Gasteiger partial charge in [-0.1, -0.05) is 6.92 Å². The Labute approximate surface area is 119 Å². The Kier molecular flexibility index (Phi) is 4.31. The third-order valence-electron chi connectivity index (χ3n) is 3.00. The van der Waals surface area contributed by atoms with Gasteiger partial charge in [0.05, 0.1) is 16.5 Å². The van der Waals surface area contributed by atoms with Crippen LogP contribution in [0.4, 0.5) is 0 Å². The number of carboxylic acid groups (broad SMARTS) is 1. The van der Waals surface area contributed by atoms with E-state index in [1.165, 1.54) is 0 Å². The van der Waals surface area contributed by atoms with Crippen LogP contribution in [0.15, 0.2) is 16.6 Å². The number of aliphatic hydroxyl groups is 1. The molecule has 0 bridgehead atoms. The lowest BCUT2D eigenvalue weighted by atomic mass is 9.98. The number of carboxylic acids is 1. The number of carbonyl (C=O) groups is 1. The fraction of sp³-hybridized carbons (Fsp3) is 0.462. The van der Waals surface area contributed by atoms with Gasteiger partial charge in [0.15, 0.2) is 11.5 Å². The molecule has 1 heterocycles. The standard InChI is InChI=1S/C13H15BrO5/c1-7(13(16)17)4-10(15)8-5-9(14)12-11(6-8)18-2-3-19-12/h5-7,10,15H,2-4H2,1H3,(H,16,17). The van der Waals surface area contributed by atoms with Crippen LogP contribution in [0.1, 0.15) is 25.0 Å². The summed E-state index contributed by atoms with van der Waals surface area (Å²) in [7, 11) is 0. The lowest BCUT2D eigenvalue weighted by Gasteiger charge is -2.22. The molecular weight excluding hydrogens is 316 g/mol. The molecule has 0 aliphatic carbocycles. The number of aliphatic hydroxyl groups excluding tert-OH is 1. The molecule has 0 spiro atoms. The molecule has 1 aliphatic heterocycles. The normalized spacial score (nSPS) is 16.8. The summed E-state index contributed by atoms with van der Waals surface area (Å²) >= 11 is 3.36. The van der Waals surface area contributed by atoms with Crippen molar-refractivity contribution in [2.45, 2.75) is 19.4 Å². The van der Waals surface area contributed by atoms with Gasteiger partial charge in [0.1, 0.15) is 13.2 Å². The lowest BCUT2D eigenvalue weighted by molar-refractivity contribution is -0.142. The molecule has 0 aromatic heterocycles. The summed E-state index contributed by atoms with van der Waals surface area (Å²) in [5.41, 5.74) is 0.615. The fourth-order valence-electron chi connectivity index (χ4n) is 1.89. The van der Waals surface area contributed by atoms with Gasteiger partial charge in [0.2, 0.25) is 0 Å². The predicted octanol–water partition coefficient (Wildman–Crippen LogP) is 2.36. The first-order valence-electron chi connectivity index (χ1n) is 5.99. The van der Waals surface area contributed by atoms with Crippen molar-refractivity contribution in [3.8, 4) is 11.5 Å². The minimum atomic E-state index is -0.921. The summed E-state index contributed by atoms with van der Waals surface area (Å²) < 4.78 is 11.6. The zero-order valence-electron chi connectivity index (χ0n) is 10.4. The Hall–Kier alpha value is -1.27. The molecule has 1 aromatic rings. The number of ether oxygens (including phenoxy) is 2. The Balaban J connectivity index is 2.20. The molecule has 104 valence electrons. The van der Waals surface area contributed by atoms with Crippen LogP contribution in [0.3, 0.4) is 0 Å². The number of hydrogen-bond donors (Lipinski definition) is 2. The Morgan fingerprint density at radius 1 is 1.42 bits per heavy atom. The second kappa shape index (κ2) is 5.79. The molecule has 19 heavy (non-hydrogen) atoms. The fourth-order valence-corrected chi connectivity index (χ4v) is 2.47. The van der Waals surface area contributed by atoms with Gasteiger partial charge in [-0.3, -0.25) is 4.79 Å². The molecule has 2 atom stereocenters. The number of aliphatic carboxylic acids is 1. The van der Waals surface area contributed by atoms with Crippen molar-refractivity contribution < 1.29 is 24.5 Å². The largest absolute Gasteiger partial charge is 0.486 e. The number of rotatable bonds is 4. The number of fused-ring (bicyclic) bond motifs is 1. The monoisotopic (exact) mass is 330 g/mol. The minimum Gasteiger partial charge on any atom is -0.486 e. The average Bonchev–Trinajstić information content (AvgIpc) is 2.38. The minimum absolute atomic E-state index is 0.154. The third kappa shape index (κ3) is 3.19. The Bertz CT molecular complexity index is 488. The van der Waals surface area contributed by atoms with Crippen molar-refractivity contribution in [3.63, 3.8) is 0 Å². The number of benzene rings is 1. The highest BCUT2D eigenvalue weighted by atomic mass is 79.9. The van der Waals surface area contributed by atoms with E-state index in [-0.39, 0.29) is 6.42 Å². The molecule has 6 heteroatoms. The quantitative estimate of drug-likeness (QED) is 0.886. The van der Waals surface area contributed by atoms with Gasteiger partial charge in [0.25, 0.3) is 0 Å². The molecule has 5 nitrogen and oxygen atoms in total. The van der Waals surface area contributed by atoms with E-state index in [0.717, 1.165) is 0 Å². The maximum Gasteiger partial charge on any atom is 0.306 e. The van der Waals surface area contributed by atoms with Crippen molar-refractivity contribution >= 4 is 21.9 Å². The van der Waals surface area contributed by atoms with Crippen molar-refractivity contribution in [2.75, 3.05) is 13.2 Å². The van der Waals surface area contributed by atoms with E-state index in [1.54, 1.807) is 19.1 Å². The van der Waals surface area contributed by atoms with Crippen LogP contribution < -0.4 is 9.47 Å². The summed E-state index contributed by atoms with van der Waals surface area (Å²) in [5, 5.41) is 18.9. The van der Waals surface area contributed by atoms with Crippen molar-refractivity contribution in [2.24, 2.45) is 5.92 Å². The molecule has 0 fully saturated rings. The molecule has 2 unspecified atom stereocenters. The maximum atomic E-state index is 10.8. The van der Waals surface area contributed by atoms with Crippen LogP contribution in [0.2, 0.25) is 0 Å². The molecule has 1 aliphatic rings. The summed E-state index contributed by atoms with van der Waals surface area (Å²) in [4.78, 5) is 10.8. The van der Waals surface area contributed by atoms with Gasteiger partial charge in [-0.15, -0.1) is 0 Å². The lowest BCUT2D eigenvalue weighted by Crippen LogP contribution is -2.17. The van der Waals surface area contributed by atoms with Gasteiger partial charge >= 0.3 is 5.97 Å². The molecule has 0 radical (unpaired) electrons. The highest BCUT2D eigenvalue weighted by molar-refractivity contribution is 9.10. The van der Waals surface area contributed by atoms with E-state index in [9.17, 15) is 9.90 Å². The Morgan fingerprint density at radius 2 is 2.11 bits per heavy atom. The second-order valence-electron chi connectivity index (χ2n) is 4.52. The van der Waals surface area contributed by atoms with Crippen LogP contribution in [0.25, 0.3) is 0 Å². The molecule has 0 saturated heterocycles. The van der Waals surface area contributed by atoms with E-state index in [4.69, 9.17) is 14.6 Å². The van der Waals surface area contributed by atoms with Gasteiger partial charge in [0, 0.05) is 0 Å². The van der Waals surface area contributed by atoms with Gasteiger partial charge < -0.3 is 19.7 Å². The highest BCUT2D eigenvalue weighted by Gasteiger charge is 2.22. The summed E-state index contributed by atoms with van der Waals surface area (Å²) in [6.45, 7) is 2.52. The molecule has 0 amide bonds. The molecule has 1 aromatic carbocycles. The first-order valence-corrected chi connectivity index (χ1v) is 6.78. The SMILES string of the molecule is CC(CC(O)c1cc(Br)c2c(c1)OCCO2)C(=O)O. The third-order valence-corrected chi connectivity index (χ3v) is 3.59. The van der Waals surface area contributed by atoms with E-state index in [2.05, 4.69) is 15.9 Å². The summed E-state index contributed by atoms with van der Waals surface area (Å²) in [6, 6.07) is 3.42. The summed E-state index contributed by atoms with van der Waals surface area (Å²) in [6.07, 6.45) is -0.695. The van der Waals surface area contributed by atoms with Crippen LogP contribution >= 0.6 is 15.9 Å². The van der Waals surface area contributed by atoms with E-state index in [1.807, 2.05) is 0 Å². The van der Waals surface area contributed by atoms with Crippen molar-refractivity contribution in [1.29, 1.82) is 0 Å². The number of hydrogen-bond acceptors (Lipinski definition) is 4. The van der Waals surface area contributed by atoms with Gasteiger partial charge in [-0.25, -0.2) is 0 Å². The molecule has 2 rings (SSSR count). The predicted molar refractivity (Wildman–Crippen MR) is 71.5 cm³/mol. The molecule has 2 N–H and O–H groups in total. The van der Waals surface area contributed by atoms with E-state index < -0.39 is 18.0 Å². The van der Waals surface area contributed by atoms with Crippen LogP contribution in [-0.2, 0) is 4.79 Å². The van der Waals surface area contributed by atoms with Crippen LogP contribution in [0, 0.1) is 5.92 Å². The van der Waals surface area contributed by atoms with E-state index in [0.29, 0.717) is 34.7 Å². The van der Waals surface area contributed by atoms with Crippen LogP contribution in [0.5, 0.6) is 11.5 Å². The average molecular weight is 331 g/mol. The maximum absolute atomic E-state index is 10.8. The first kappa shape index (κ1) is 14.1. The molecular formula is C13H15BrO5. The van der Waals surface area contributed by atoms with Gasteiger partial charge in [-0.05, 0) is 40.0 Å². The first-order chi connectivity index (χ1) is 8.99. The summed E-state index contributed by atoms with van der Waals surface area (Å²) in [5.74, 6) is -0.344. The second-order valence-corrected chi connectivity index (χ2v) is 5.37. The topological polar surface area (TPSA) is 76.0 Å². The van der Waals surface area contributed by atoms with E-state index >= 15 is 0 Å². The Morgan fingerprint density at radius 3 is 2.79 bits per heavy atom. The number of halogens is 1.